The highest BCUT2D eigenvalue weighted by Gasteiger charge is 2.22. The smallest absolute Gasteiger partial charge is 0.226 e. The minimum Gasteiger partial charge on any atom is -0.342 e. The van der Waals surface area contributed by atoms with Gasteiger partial charge in [0.15, 0.2) is 0 Å². The first-order valence-corrected chi connectivity index (χ1v) is 8.37. The maximum Gasteiger partial charge on any atom is 0.226 e. The SMILES string of the molecule is CNCCC1CCN(C(=O)Cc2ccc(NC(C)=O)cc2)CC1.Cl. The summed E-state index contributed by atoms with van der Waals surface area (Å²) < 4.78 is 0. The molecule has 0 aliphatic carbocycles. The molecule has 1 aliphatic heterocycles. The van der Waals surface area contributed by atoms with Gasteiger partial charge in [0.25, 0.3) is 0 Å². The maximum absolute atomic E-state index is 12.4. The van der Waals surface area contributed by atoms with Crippen LogP contribution < -0.4 is 10.6 Å². The summed E-state index contributed by atoms with van der Waals surface area (Å²) in [6.45, 7) is 4.28. The van der Waals surface area contributed by atoms with Crippen molar-refractivity contribution in [2.75, 3.05) is 32.0 Å². The third-order valence-corrected chi connectivity index (χ3v) is 4.40. The van der Waals surface area contributed by atoms with E-state index in [2.05, 4.69) is 10.6 Å². The Balaban J connectivity index is 0.00000288. The van der Waals surface area contributed by atoms with Gasteiger partial charge in [-0.2, -0.15) is 0 Å². The number of amides is 2. The fourth-order valence-electron chi connectivity index (χ4n) is 3.02. The molecule has 2 rings (SSSR count). The van der Waals surface area contributed by atoms with Gasteiger partial charge < -0.3 is 15.5 Å². The Kier molecular flexibility index (Phi) is 8.79. The van der Waals surface area contributed by atoms with Crippen LogP contribution in [0.5, 0.6) is 0 Å². The van der Waals surface area contributed by atoms with Crippen LogP contribution in [-0.2, 0) is 16.0 Å². The number of halogens is 1. The van der Waals surface area contributed by atoms with E-state index in [-0.39, 0.29) is 24.2 Å². The average molecular weight is 354 g/mol. The number of hydrogen-bond donors (Lipinski definition) is 2. The fourth-order valence-corrected chi connectivity index (χ4v) is 3.02. The van der Waals surface area contributed by atoms with Gasteiger partial charge in [0.05, 0.1) is 6.42 Å². The standard InChI is InChI=1S/C18H27N3O2.ClH/c1-14(22)20-17-5-3-16(4-6-17)13-18(23)21-11-8-15(9-12-21)7-10-19-2;/h3-6,15,19H,7-13H2,1-2H3,(H,20,22);1H. The highest BCUT2D eigenvalue weighted by Crippen LogP contribution is 2.21. The second-order valence-electron chi connectivity index (χ2n) is 6.27. The van der Waals surface area contributed by atoms with Crippen LogP contribution in [0, 0.1) is 5.92 Å². The van der Waals surface area contributed by atoms with Crippen LogP contribution in [0.2, 0.25) is 0 Å². The third-order valence-electron chi connectivity index (χ3n) is 4.40. The predicted molar refractivity (Wildman–Crippen MR) is 99.5 cm³/mol. The van der Waals surface area contributed by atoms with Crippen LogP contribution in [0.3, 0.4) is 0 Å². The van der Waals surface area contributed by atoms with Crippen LogP contribution in [0.25, 0.3) is 0 Å². The zero-order valence-corrected chi connectivity index (χ0v) is 15.3. The zero-order valence-electron chi connectivity index (χ0n) is 14.5. The van der Waals surface area contributed by atoms with E-state index in [1.54, 1.807) is 0 Å². The highest BCUT2D eigenvalue weighted by molar-refractivity contribution is 5.88. The first kappa shape index (κ1) is 20.5. The quantitative estimate of drug-likeness (QED) is 0.825. The van der Waals surface area contributed by atoms with Crippen molar-refractivity contribution in [2.45, 2.75) is 32.6 Å². The number of carbonyl (C=O) groups is 2. The molecule has 24 heavy (non-hydrogen) atoms. The Morgan fingerprint density at radius 3 is 2.33 bits per heavy atom. The molecule has 6 heteroatoms. The number of nitrogens with one attached hydrogen (secondary N) is 2. The lowest BCUT2D eigenvalue weighted by atomic mass is 9.93. The van der Waals surface area contributed by atoms with Gasteiger partial charge in [-0.15, -0.1) is 12.4 Å². The third kappa shape index (κ3) is 6.49. The van der Waals surface area contributed by atoms with Crippen molar-refractivity contribution in [2.24, 2.45) is 5.92 Å². The summed E-state index contributed by atoms with van der Waals surface area (Å²) in [7, 11) is 1.98. The Bertz CT molecular complexity index is 526. The molecule has 5 nitrogen and oxygen atoms in total. The van der Waals surface area contributed by atoms with Crippen molar-refractivity contribution in [3.05, 3.63) is 29.8 Å². The van der Waals surface area contributed by atoms with Gasteiger partial charge in [0.1, 0.15) is 0 Å². The number of hydrogen-bond acceptors (Lipinski definition) is 3. The Labute approximate surface area is 150 Å². The van der Waals surface area contributed by atoms with Gasteiger partial charge >= 0.3 is 0 Å². The van der Waals surface area contributed by atoms with Crippen LogP contribution in [0.1, 0.15) is 31.7 Å². The van der Waals surface area contributed by atoms with Crippen LogP contribution in [0.4, 0.5) is 5.69 Å². The summed E-state index contributed by atoms with van der Waals surface area (Å²) >= 11 is 0. The van der Waals surface area contributed by atoms with E-state index < -0.39 is 0 Å². The number of likely N-dealkylation sites (tertiary alicyclic amines) is 1. The van der Waals surface area contributed by atoms with Crippen molar-refractivity contribution >= 4 is 29.9 Å². The first-order valence-electron chi connectivity index (χ1n) is 8.37. The minimum absolute atomic E-state index is 0. The summed E-state index contributed by atoms with van der Waals surface area (Å²) in [5, 5.41) is 5.92. The number of rotatable bonds is 6. The molecule has 0 saturated carbocycles. The molecule has 0 spiro atoms. The molecule has 2 amide bonds. The van der Waals surface area contributed by atoms with Crippen molar-refractivity contribution in [1.29, 1.82) is 0 Å². The van der Waals surface area contributed by atoms with Crippen LogP contribution in [0.15, 0.2) is 24.3 Å². The number of nitrogens with zero attached hydrogens (tertiary/aromatic N) is 1. The molecule has 0 atom stereocenters. The molecule has 1 aromatic rings. The molecule has 0 aromatic heterocycles. The zero-order chi connectivity index (χ0) is 16.7. The van der Waals surface area contributed by atoms with E-state index in [4.69, 9.17) is 0 Å². The number of carbonyl (C=O) groups excluding carboxylic acids is 2. The number of benzene rings is 1. The van der Waals surface area contributed by atoms with E-state index >= 15 is 0 Å². The summed E-state index contributed by atoms with van der Waals surface area (Å²) in [6.07, 6.45) is 3.84. The van der Waals surface area contributed by atoms with Crippen molar-refractivity contribution in [1.82, 2.24) is 10.2 Å². The molecule has 0 unspecified atom stereocenters. The molecule has 134 valence electrons. The highest BCUT2D eigenvalue weighted by atomic mass is 35.5. The van der Waals surface area contributed by atoms with Crippen LogP contribution in [-0.4, -0.2) is 43.4 Å². The topological polar surface area (TPSA) is 61.4 Å². The maximum atomic E-state index is 12.4. The van der Waals surface area contributed by atoms with E-state index in [1.165, 1.54) is 13.3 Å². The van der Waals surface area contributed by atoms with Gasteiger partial charge in [-0.3, -0.25) is 9.59 Å². The molecule has 1 aromatic carbocycles. The monoisotopic (exact) mass is 353 g/mol. The molecule has 0 radical (unpaired) electrons. The Hall–Kier alpha value is -1.59. The summed E-state index contributed by atoms with van der Waals surface area (Å²) in [6, 6.07) is 7.49. The summed E-state index contributed by atoms with van der Waals surface area (Å²) in [4.78, 5) is 25.4. The lowest BCUT2D eigenvalue weighted by molar-refractivity contribution is -0.131. The van der Waals surface area contributed by atoms with Gasteiger partial charge in [0, 0.05) is 25.7 Å². The largest absolute Gasteiger partial charge is 0.342 e. The van der Waals surface area contributed by atoms with E-state index in [0.29, 0.717) is 6.42 Å². The second-order valence-corrected chi connectivity index (χ2v) is 6.27. The molecule has 1 saturated heterocycles. The predicted octanol–water partition coefficient (Wildman–Crippen LogP) is 2.46. The van der Waals surface area contributed by atoms with E-state index in [0.717, 1.165) is 49.6 Å². The summed E-state index contributed by atoms with van der Waals surface area (Å²) in [5.41, 5.74) is 1.75. The number of piperidine rings is 1. The van der Waals surface area contributed by atoms with Gasteiger partial charge in [-0.25, -0.2) is 0 Å². The first-order chi connectivity index (χ1) is 11.1. The Morgan fingerprint density at radius 1 is 1.17 bits per heavy atom. The molecular weight excluding hydrogens is 326 g/mol. The van der Waals surface area contributed by atoms with E-state index in [1.807, 2.05) is 36.2 Å². The molecular formula is C18H28ClN3O2. The lowest BCUT2D eigenvalue weighted by Gasteiger charge is -2.32. The van der Waals surface area contributed by atoms with Gasteiger partial charge in [-0.1, -0.05) is 12.1 Å². The van der Waals surface area contributed by atoms with Gasteiger partial charge in [0.2, 0.25) is 11.8 Å². The molecule has 1 fully saturated rings. The minimum atomic E-state index is -0.0880. The Morgan fingerprint density at radius 2 is 1.79 bits per heavy atom. The second kappa shape index (κ2) is 10.3. The fraction of sp³-hybridized carbons (Fsp3) is 0.556. The van der Waals surface area contributed by atoms with Crippen molar-refractivity contribution in [3.63, 3.8) is 0 Å². The van der Waals surface area contributed by atoms with Crippen molar-refractivity contribution in [3.8, 4) is 0 Å². The average Bonchev–Trinajstić information content (AvgIpc) is 2.54. The molecule has 1 heterocycles. The summed E-state index contributed by atoms with van der Waals surface area (Å²) in [5.74, 6) is 0.850. The van der Waals surface area contributed by atoms with Gasteiger partial charge in [-0.05, 0) is 56.5 Å². The van der Waals surface area contributed by atoms with E-state index in [9.17, 15) is 9.59 Å². The molecule has 2 N–H and O–H groups in total. The lowest BCUT2D eigenvalue weighted by Crippen LogP contribution is -2.39. The number of anilines is 1. The molecule has 0 bridgehead atoms. The van der Waals surface area contributed by atoms with Crippen LogP contribution >= 0.6 is 12.4 Å². The molecule has 1 aliphatic rings. The normalized spacial score (nSPS) is 14.8. The van der Waals surface area contributed by atoms with Crippen molar-refractivity contribution < 1.29 is 9.59 Å².